The van der Waals surface area contributed by atoms with Gasteiger partial charge in [-0.3, -0.25) is 0 Å². The van der Waals surface area contributed by atoms with E-state index in [2.05, 4.69) is 5.32 Å². The standard InChI is InChI=1S/C18H20FNO3/c1-18(2,3)23-17(21)20-12-13-4-8-15(9-5-13)22-16-10-6-14(19)7-11-16/h4-11H,12H2,1-3H3,(H,20,21). The lowest BCUT2D eigenvalue weighted by atomic mass is 10.2. The number of alkyl carbamates (subject to hydrolysis) is 1. The first kappa shape index (κ1) is 16.8. The van der Waals surface area contributed by atoms with E-state index in [0.717, 1.165) is 5.56 Å². The molecule has 122 valence electrons. The predicted octanol–water partition coefficient (Wildman–Crippen LogP) is 4.64. The zero-order valence-corrected chi connectivity index (χ0v) is 13.4. The molecule has 0 unspecified atom stereocenters. The number of carbonyl (C=O) groups excluding carboxylic acids is 1. The van der Waals surface area contributed by atoms with Crippen molar-refractivity contribution in [2.24, 2.45) is 0 Å². The van der Waals surface area contributed by atoms with Crippen molar-refractivity contribution in [3.05, 3.63) is 59.9 Å². The molecule has 2 aromatic carbocycles. The van der Waals surface area contributed by atoms with E-state index in [1.807, 2.05) is 32.9 Å². The number of carbonyl (C=O) groups is 1. The van der Waals surface area contributed by atoms with Crippen LogP contribution in [0, 0.1) is 5.82 Å². The van der Waals surface area contributed by atoms with Crippen molar-refractivity contribution in [2.75, 3.05) is 0 Å². The van der Waals surface area contributed by atoms with Crippen LogP contribution >= 0.6 is 0 Å². The molecule has 0 atom stereocenters. The molecule has 2 aromatic rings. The zero-order valence-electron chi connectivity index (χ0n) is 13.4. The highest BCUT2D eigenvalue weighted by Gasteiger charge is 2.15. The fourth-order valence-electron chi connectivity index (χ4n) is 1.80. The number of benzene rings is 2. The molecule has 0 saturated heterocycles. The lowest BCUT2D eigenvalue weighted by Gasteiger charge is -2.19. The highest BCUT2D eigenvalue weighted by Crippen LogP contribution is 2.21. The Balaban J connectivity index is 1.87. The second-order valence-corrected chi connectivity index (χ2v) is 6.06. The van der Waals surface area contributed by atoms with Gasteiger partial charge in [-0.05, 0) is 62.7 Å². The van der Waals surface area contributed by atoms with Gasteiger partial charge in [-0.1, -0.05) is 12.1 Å². The lowest BCUT2D eigenvalue weighted by molar-refractivity contribution is 0.0523. The Morgan fingerprint density at radius 2 is 1.52 bits per heavy atom. The summed E-state index contributed by atoms with van der Waals surface area (Å²) in [5, 5.41) is 2.69. The van der Waals surface area contributed by atoms with Gasteiger partial charge in [0.2, 0.25) is 0 Å². The molecule has 0 bridgehead atoms. The number of amides is 1. The van der Waals surface area contributed by atoms with Crippen LogP contribution in [0.4, 0.5) is 9.18 Å². The largest absolute Gasteiger partial charge is 0.457 e. The second kappa shape index (κ2) is 7.13. The maximum Gasteiger partial charge on any atom is 0.407 e. The lowest BCUT2D eigenvalue weighted by Crippen LogP contribution is -2.32. The summed E-state index contributed by atoms with van der Waals surface area (Å²) < 4.78 is 23.6. The van der Waals surface area contributed by atoms with Crippen molar-refractivity contribution in [1.29, 1.82) is 0 Å². The second-order valence-electron chi connectivity index (χ2n) is 6.06. The molecule has 0 aliphatic rings. The monoisotopic (exact) mass is 317 g/mol. The van der Waals surface area contributed by atoms with Crippen molar-refractivity contribution in [1.82, 2.24) is 5.32 Å². The van der Waals surface area contributed by atoms with Crippen LogP contribution in [0.5, 0.6) is 11.5 Å². The zero-order chi connectivity index (χ0) is 16.9. The summed E-state index contributed by atoms with van der Waals surface area (Å²) in [5.74, 6) is 0.893. The minimum absolute atomic E-state index is 0.305. The maximum atomic E-state index is 12.8. The highest BCUT2D eigenvalue weighted by molar-refractivity contribution is 5.67. The van der Waals surface area contributed by atoms with E-state index < -0.39 is 11.7 Å². The fraction of sp³-hybridized carbons (Fsp3) is 0.278. The summed E-state index contributed by atoms with van der Waals surface area (Å²) in [7, 11) is 0. The third-order valence-corrected chi connectivity index (χ3v) is 2.81. The Bertz CT molecular complexity index is 645. The number of rotatable bonds is 4. The summed E-state index contributed by atoms with van der Waals surface area (Å²) in [5.41, 5.74) is 0.402. The average Bonchev–Trinajstić information content (AvgIpc) is 2.47. The summed E-state index contributed by atoms with van der Waals surface area (Å²) in [6.45, 7) is 5.81. The SMILES string of the molecule is CC(C)(C)OC(=O)NCc1ccc(Oc2ccc(F)cc2)cc1. The molecule has 0 aromatic heterocycles. The van der Waals surface area contributed by atoms with Crippen LogP contribution < -0.4 is 10.1 Å². The molecule has 1 amide bonds. The Morgan fingerprint density at radius 1 is 1.00 bits per heavy atom. The molecule has 0 spiro atoms. The van der Waals surface area contributed by atoms with Crippen LogP contribution in [0.15, 0.2) is 48.5 Å². The van der Waals surface area contributed by atoms with E-state index in [1.165, 1.54) is 12.1 Å². The van der Waals surface area contributed by atoms with Crippen LogP contribution in [0.25, 0.3) is 0 Å². The van der Waals surface area contributed by atoms with E-state index in [9.17, 15) is 9.18 Å². The van der Waals surface area contributed by atoms with E-state index in [0.29, 0.717) is 18.0 Å². The van der Waals surface area contributed by atoms with Crippen LogP contribution in [0.3, 0.4) is 0 Å². The molecule has 0 saturated carbocycles. The molecule has 1 N–H and O–H groups in total. The minimum Gasteiger partial charge on any atom is -0.457 e. The number of halogens is 1. The van der Waals surface area contributed by atoms with E-state index in [4.69, 9.17) is 9.47 Å². The Kier molecular flexibility index (Phi) is 5.21. The molecular formula is C18H20FNO3. The van der Waals surface area contributed by atoms with Gasteiger partial charge in [-0.25, -0.2) is 9.18 Å². The van der Waals surface area contributed by atoms with Crippen molar-refractivity contribution in [2.45, 2.75) is 32.9 Å². The maximum absolute atomic E-state index is 12.8. The Hall–Kier alpha value is -2.56. The van der Waals surface area contributed by atoms with Gasteiger partial charge in [0.1, 0.15) is 22.9 Å². The first-order chi connectivity index (χ1) is 10.8. The van der Waals surface area contributed by atoms with Gasteiger partial charge in [0.15, 0.2) is 0 Å². The smallest absolute Gasteiger partial charge is 0.407 e. The molecule has 0 heterocycles. The molecule has 23 heavy (non-hydrogen) atoms. The number of ether oxygens (including phenoxy) is 2. The van der Waals surface area contributed by atoms with Gasteiger partial charge in [0.25, 0.3) is 0 Å². The summed E-state index contributed by atoms with van der Waals surface area (Å²) in [4.78, 5) is 11.6. The van der Waals surface area contributed by atoms with E-state index >= 15 is 0 Å². The molecule has 0 fully saturated rings. The summed E-state index contributed by atoms with van der Waals surface area (Å²) in [6, 6.07) is 13.1. The van der Waals surface area contributed by atoms with Gasteiger partial charge in [0.05, 0.1) is 0 Å². The van der Waals surface area contributed by atoms with Crippen molar-refractivity contribution in [3.8, 4) is 11.5 Å². The third-order valence-electron chi connectivity index (χ3n) is 2.81. The number of hydrogen-bond donors (Lipinski definition) is 1. The predicted molar refractivity (Wildman–Crippen MR) is 86.0 cm³/mol. The van der Waals surface area contributed by atoms with E-state index in [1.54, 1.807) is 24.3 Å². The third kappa shape index (κ3) is 5.98. The first-order valence-electron chi connectivity index (χ1n) is 7.31. The van der Waals surface area contributed by atoms with Gasteiger partial charge in [-0.15, -0.1) is 0 Å². The molecule has 0 aliphatic carbocycles. The van der Waals surface area contributed by atoms with Crippen molar-refractivity contribution < 1.29 is 18.7 Å². The number of nitrogens with one attached hydrogen (secondary N) is 1. The number of hydrogen-bond acceptors (Lipinski definition) is 3. The van der Waals surface area contributed by atoms with Crippen LogP contribution in [-0.2, 0) is 11.3 Å². The summed E-state index contributed by atoms with van der Waals surface area (Å²) >= 11 is 0. The molecule has 0 aliphatic heterocycles. The Labute approximate surface area is 135 Å². The van der Waals surface area contributed by atoms with Crippen LogP contribution in [0.1, 0.15) is 26.3 Å². The van der Waals surface area contributed by atoms with Crippen LogP contribution in [-0.4, -0.2) is 11.7 Å². The molecule has 0 radical (unpaired) electrons. The topological polar surface area (TPSA) is 47.6 Å². The molecular weight excluding hydrogens is 297 g/mol. The van der Waals surface area contributed by atoms with Crippen LogP contribution in [0.2, 0.25) is 0 Å². The van der Waals surface area contributed by atoms with Gasteiger partial charge >= 0.3 is 6.09 Å². The minimum atomic E-state index is -0.517. The van der Waals surface area contributed by atoms with Gasteiger partial charge in [-0.2, -0.15) is 0 Å². The van der Waals surface area contributed by atoms with Gasteiger partial charge < -0.3 is 14.8 Å². The highest BCUT2D eigenvalue weighted by atomic mass is 19.1. The molecule has 5 heteroatoms. The Morgan fingerprint density at radius 3 is 2.04 bits per heavy atom. The van der Waals surface area contributed by atoms with Crippen molar-refractivity contribution in [3.63, 3.8) is 0 Å². The van der Waals surface area contributed by atoms with Crippen molar-refractivity contribution >= 4 is 6.09 Å². The van der Waals surface area contributed by atoms with Gasteiger partial charge in [0, 0.05) is 6.54 Å². The fourth-order valence-corrected chi connectivity index (χ4v) is 1.80. The first-order valence-corrected chi connectivity index (χ1v) is 7.31. The van der Waals surface area contributed by atoms with E-state index in [-0.39, 0.29) is 5.82 Å². The quantitative estimate of drug-likeness (QED) is 0.893. The summed E-state index contributed by atoms with van der Waals surface area (Å²) in [6.07, 6.45) is -0.455. The molecule has 4 nitrogen and oxygen atoms in total. The normalized spacial score (nSPS) is 11.0. The molecule has 2 rings (SSSR count). The average molecular weight is 317 g/mol.